The van der Waals surface area contributed by atoms with E-state index in [0.29, 0.717) is 18.7 Å². The molecule has 0 atom stereocenters. The summed E-state index contributed by atoms with van der Waals surface area (Å²) in [7, 11) is 0. The van der Waals surface area contributed by atoms with Crippen LogP contribution in [0.4, 0.5) is 4.79 Å². The maximum absolute atomic E-state index is 12.4. The fourth-order valence-corrected chi connectivity index (χ4v) is 3.64. The number of phenols is 2. The number of hydrogen-bond acceptors (Lipinski definition) is 6. The van der Waals surface area contributed by atoms with Gasteiger partial charge in [-0.1, -0.05) is 0 Å². The van der Waals surface area contributed by atoms with Gasteiger partial charge in [0, 0.05) is 24.7 Å². The van der Waals surface area contributed by atoms with E-state index in [1.165, 1.54) is 18.2 Å². The third-order valence-corrected chi connectivity index (χ3v) is 5.08. The van der Waals surface area contributed by atoms with Gasteiger partial charge in [0.1, 0.15) is 18.0 Å². The van der Waals surface area contributed by atoms with Crippen LogP contribution in [0.5, 0.6) is 11.5 Å². The summed E-state index contributed by atoms with van der Waals surface area (Å²) >= 11 is 0.732. The van der Waals surface area contributed by atoms with Crippen LogP contribution in [0.15, 0.2) is 23.1 Å². The molecule has 2 heterocycles. The Morgan fingerprint density at radius 2 is 1.88 bits per heavy atom. The summed E-state index contributed by atoms with van der Waals surface area (Å²) in [6.07, 6.45) is 4.34. The van der Waals surface area contributed by atoms with Crippen LogP contribution in [0.2, 0.25) is 0 Å². The molecule has 2 aliphatic heterocycles. The van der Waals surface area contributed by atoms with Gasteiger partial charge in [-0.25, -0.2) is 0 Å². The Kier molecular flexibility index (Phi) is 4.98. The molecule has 7 nitrogen and oxygen atoms in total. The van der Waals surface area contributed by atoms with Gasteiger partial charge < -0.3 is 15.1 Å². The molecule has 3 amide bonds. The van der Waals surface area contributed by atoms with Gasteiger partial charge in [0.05, 0.1) is 4.91 Å². The molecular formula is C17H18N2O5S. The number of benzene rings is 1. The number of phenolic OH excluding ortho intramolecular Hbond substituents is 2. The van der Waals surface area contributed by atoms with Gasteiger partial charge in [-0.15, -0.1) is 0 Å². The lowest BCUT2D eigenvalue weighted by atomic mass is 10.1. The molecule has 25 heavy (non-hydrogen) atoms. The molecule has 8 heteroatoms. The second kappa shape index (κ2) is 7.18. The van der Waals surface area contributed by atoms with E-state index in [1.807, 2.05) is 0 Å². The van der Waals surface area contributed by atoms with Crippen molar-refractivity contribution in [2.75, 3.05) is 19.6 Å². The molecule has 132 valence electrons. The third kappa shape index (κ3) is 3.79. The zero-order valence-electron chi connectivity index (χ0n) is 13.5. The van der Waals surface area contributed by atoms with Gasteiger partial charge in [-0.05, 0) is 49.2 Å². The average molecular weight is 362 g/mol. The molecule has 0 spiro atoms. The smallest absolute Gasteiger partial charge is 0.294 e. The molecule has 0 saturated carbocycles. The topological polar surface area (TPSA) is 98.1 Å². The Hall–Kier alpha value is -2.48. The molecule has 2 aliphatic rings. The van der Waals surface area contributed by atoms with E-state index in [-0.39, 0.29) is 28.9 Å². The quantitative estimate of drug-likeness (QED) is 0.800. The molecule has 1 aromatic carbocycles. The Morgan fingerprint density at radius 3 is 2.56 bits per heavy atom. The van der Waals surface area contributed by atoms with Crippen molar-refractivity contribution in [3.8, 4) is 11.5 Å². The number of imide groups is 1. The number of amides is 3. The molecule has 2 fully saturated rings. The summed E-state index contributed by atoms with van der Waals surface area (Å²) in [5, 5.41) is 18.6. The van der Waals surface area contributed by atoms with Crippen LogP contribution >= 0.6 is 11.8 Å². The Balaban J connectivity index is 1.73. The summed E-state index contributed by atoms with van der Waals surface area (Å²) in [6, 6.07) is 3.96. The summed E-state index contributed by atoms with van der Waals surface area (Å²) in [5.41, 5.74) is 0.311. The highest BCUT2D eigenvalue weighted by Gasteiger charge is 2.37. The molecule has 0 unspecified atom stereocenters. The first-order valence-electron chi connectivity index (χ1n) is 8.01. The average Bonchev–Trinajstić information content (AvgIpc) is 2.85. The zero-order chi connectivity index (χ0) is 18.0. The molecule has 2 saturated heterocycles. The minimum Gasteiger partial charge on any atom is -0.508 e. The van der Waals surface area contributed by atoms with E-state index in [1.54, 1.807) is 4.90 Å². The standard InChI is InChI=1S/C17H18N2O5S/c20-12-5-4-11(13(21)9-12)8-14-16(23)19(17(24)25-14)10-15(22)18-6-2-1-3-7-18/h4-5,8-9,20-21H,1-3,6-7,10H2/b14-8-. The predicted octanol–water partition coefficient (Wildman–Crippen LogP) is 2.15. The lowest BCUT2D eigenvalue weighted by Gasteiger charge is -2.27. The summed E-state index contributed by atoms with van der Waals surface area (Å²) in [4.78, 5) is 39.6. The first-order valence-corrected chi connectivity index (χ1v) is 8.82. The number of carbonyl (C=O) groups excluding carboxylic acids is 3. The molecule has 0 aromatic heterocycles. The zero-order valence-corrected chi connectivity index (χ0v) is 14.3. The number of likely N-dealkylation sites (tertiary alicyclic amines) is 1. The molecule has 0 radical (unpaired) electrons. The van der Waals surface area contributed by atoms with Crippen molar-refractivity contribution in [2.45, 2.75) is 19.3 Å². The Labute approximate surface area is 148 Å². The van der Waals surface area contributed by atoms with Gasteiger partial charge in [0.25, 0.3) is 11.1 Å². The van der Waals surface area contributed by atoms with Crippen molar-refractivity contribution in [3.63, 3.8) is 0 Å². The Morgan fingerprint density at radius 1 is 1.16 bits per heavy atom. The molecule has 0 bridgehead atoms. The van der Waals surface area contributed by atoms with Gasteiger partial charge in [0.2, 0.25) is 5.91 Å². The summed E-state index contributed by atoms with van der Waals surface area (Å²) in [6.45, 7) is 1.06. The van der Waals surface area contributed by atoms with Crippen LogP contribution in [-0.2, 0) is 9.59 Å². The number of nitrogens with zero attached hydrogens (tertiary/aromatic N) is 2. The minimum atomic E-state index is -0.548. The number of rotatable bonds is 3. The van der Waals surface area contributed by atoms with E-state index in [0.717, 1.165) is 42.0 Å². The van der Waals surface area contributed by atoms with E-state index in [2.05, 4.69) is 0 Å². The van der Waals surface area contributed by atoms with Gasteiger partial charge in [-0.2, -0.15) is 0 Å². The first kappa shape index (κ1) is 17.3. The monoisotopic (exact) mass is 362 g/mol. The normalized spacial score (nSPS) is 19.8. The molecular weight excluding hydrogens is 344 g/mol. The van der Waals surface area contributed by atoms with Gasteiger partial charge in [-0.3, -0.25) is 19.3 Å². The minimum absolute atomic E-state index is 0.102. The molecule has 0 aliphatic carbocycles. The second-order valence-electron chi connectivity index (χ2n) is 5.95. The summed E-state index contributed by atoms with van der Waals surface area (Å²) < 4.78 is 0. The van der Waals surface area contributed by atoms with Crippen LogP contribution in [0.3, 0.4) is 0 Å². The maximum Gasteiger partial charge on any atom is 0.294 e. The van der Waals surface area contributed by atoms with E-state index >= 15 is 0 Å². The lowest BCUT2D eigenvalue weighted by molar-refractivity contribution is -0.136. The third-order valence-electron chi connectivity index (χ3n) is 4.18. The predicted molar refractivity (Wildman–Crippen MR) is 92.9 cm³/mol. The van der Waals surface area contributed by atoms with Crippen LogP contribution in [-0.4, -0.2) is 56.7 Å². The van der Waals surface area contributed by atoms with Crippen LogP contribution < -0.4 is 0 Å². The molecule has 3 rings (SSSR count). The number of piperidine rings is 1. The second-order valence-corrected chi connectivity index (χ2v) is 6.95. The van der Waals surface area contributed by atoms with Crippen molar-refractivity contribution >= 4 is 34.9 Å². The number of thioether (sulfide) groups is 1. The van der Waals surface area contributed by atoms with Crippen molar-refractivity contribution < 1.29 is 24.6 Å². The molecule has 1 aromatic rings. The van der Waals surface area contributed by atoms with Gasteiger partial charge in [0.15, 0.2) is 0 Å². The fourth-order valence-electron chi connectivity index (χ4n) is 2.81. The number of aromatic hydroxyl groups is 2. The van der Waals surface area contributed by atoms with E-state index < -0.39 is 11.1 Å². The largest absolute Gasteiger partial charge is 0.508 e. The van der Waals surface area contributed by atoms with Crippen LogP contribution in [0.1, 0.15) is 24.8 Å². The van der Waals surface area contributed by atoms with Crippen molar-refractivity contribution in [1.29, 1.82) is 0 Å². The van der Waals surface area contributed by atoms with Crippen molar-refractivity contribution in [1.82, 2.24) is 9.80 Å². The molecule has 2 N–H and O–H groups in total. The highest BCUT2D eigenvalue weighted by molar-refractivity contribution is 8.18. The van der Waals surface area contributed by atoms with Crippen LogP contribution in [0.25, 0.3) is 6.08 Å². The highest BCUT2D eigenvalue weighted by atomic mass is 32.2. The van der Waals surface area contributed by atoms with Crippen molar-refractivity contribution in [2.24, 2.45) is 0 Å². The SMILES string of the molecule is O=C(CN1C(=O)S/C(=C\c2ccc(O)cc2O)C1=O)N1CCCCC1. The highest BCUT2D eigenvalue weighted by Crippen LogP contribution is 2.34. The fraction of sp³-hybridized carbons (Fsp3) is 0.353. The number of hydrogen-bond donors (Lipinski definition) is 2. The van der Waals surface area contributed by atoms with Crippen LogP contribution in [0, 0.1) is 0 Å². The Bertz CT molecular complexity index is 755. The number of carbonyl (C=O) groups is 3. The van der Waals surface area contributed by atoms with Gasteiger partial charge >= 0.3 is 0 Å². The van der Waals surface area contributed by atoms with Crippen molar-refractivity contribution in [3.05, 3.63) is 28.7 Å². The first-order chi connectivity index (χ1) is 12.0. The summed E-state index contributed by atoms with van der Waals surface area (Å²) in [5.74, 6) is -1.07. The lowest BCUT2D eigenvalue weighted by Crippen LogP contribution is -2.44. The van der Waals surface area contributed by atoms with E-state index in [4.69, 9.17) is 0 Å². The van der Waals surface area contributed by atoms with E-state index in [9.17, 15) is 24.6 Å². The maximum atomic E-state index is 12.4.